The first-order valence-corrected chi connectivity index (χ1v) is 4.47. The van der Waals surface area contributed by atoms with Gasteiger partial charge in [0.2, 0.25) is 0 Å². The van der Waals surface area contributed by atoms with Gasteiger partial charge in [0.25, 0.3) is 0 Å². The van der Waals surface area contributed by atoms with Gasteiger partial charge in [-0.1, -0.05) is 13.8 Å². The van der Waals surface area contributed by atoms with Gasteiger partial charge in [0.15, 0.2) is 0 Å². The maximum absolute atomic E-state index is 10.9. The summed E-state index contributed by atoms with van der Waals surface area (Å²) in [7, 11) is 1.29. The van der Waals surface area contributed by atoms with Gasteiger partial charge in [-0.3, -0.25) is 4.79 Å². The summed E-state index contributed by atoms with van der Waals surface area (Å²) in [6, 6.07) is -0.115. The lowest BCUT2D eigenvalue weighted by molar-refractivity contribution is -0.154. The summed E-state index contributed by atoms with van der Waals surface area (Å²) in [4.78, 5) is 21.7. The van der Waals surface area contributed by atoms with Crippen molar-refractivity contribution in [1.82, 2.24) is 5.32 Å². The van der Waals surface area contributed by atoms with E-state index in [9.17, 15) is 9.59 Å². The number of carboxylic acid groups (broad SMARTS) is 1. The van der Waals surface area contributed by atoms with E-state index >= 15 is 0 Å². The first kappa shape index (κ1) is 10.8. The molecule has 1 amide bonds. The third-order valence-corrected chi connectivity index (χ3v) is 3.04. The van der Waals surface area contributed by atoms with Crippen LogP contribution in [0.15, 0.2) is 0 Å². The molecule has 1 saturated carbocycles. The van der Waals surface area contributed by atoms with Gasteiger partial charge in [-0.25, -0.2) is 4.79 Å². The average Bonchev–Trinajstić information content (AvgIpc) is 2.10. The molecule has 1 fully saturated rings. The Morgan fingerprint density at radius 2 is 2.07 bits per heavy atom. The molecule has 0 aromatic heterocycles. The van der Waals surface area contributed by atoms with Crippen LogP contribution < -0.4 is 5.32 Å². The van der Waals surface area contributed by atoms with Gasteiger partial charge in [0.05, 0.1) is 13.0 Å². The van der Waals surface area contributed by atoms with E-state index in [-0.39, 0.29) is 12.0 Å². The van der Waals surface area contributed by atoms with Crippen molar-refractivity contribution >= 4 is 12.1 Å². The monoisotopic (exact) mass is 201 g/mol. The third-order valence-electron chi connectivity index (χ3n) is 3.04. The summed E-state index contributed by atoms with van der Waals surface area (Å²) in [6.07, 6.45) is -0.0378. The Morgan fingerprint density at radius 3 is 2.43 bits per heavy atom. The number of carbonyl (C=O) groups excluding carboxylic acids is 1. The molecule has 0 unspecified atom stereocenters. The van der Waals surface area contributed by atoms with Crippen LogP contribution >= 0.6 is 0 Å². The van der Waals surface area contributed by atoms with Crippen LogP contribution in [0.3, 0.4) is 0 Å². The van der Waals surface area contributed by atoms with Gasteiger partial charge in [-0.2, -0.15) is 0 Å². The molecule has 0 aromatic carbocycles. The van der Waals surface area contributed by atoms with Crippen LogP contribution in [0.25, 0.3) is 0 Å². The molecular weight excluding hydrogens is 186 g/mol. The number of carbonyl (C=O) groups is 2. The van der Waals surface area contributed by atoms with E-state index in [0.717, 1.165) is 0 Å². The Bertz CT molecular complexity index is 262. The molecule has 0 saturated heterocycles. The van der Waals surface area contributed by atoms with E-state index in [1.54, 1.807) is 0 Å². The molecule has 0 radical (unpaired) electrons. The molecule has 1 aliphatic rings. The predicted molar refractivity (Wildman–Crippen MR) is 48.9 cm³/mol. The minimum absolute atomic E-state index is 0.115. The maximum atomic E-state index is 10.9. The van der Waals surface area contributed by atoms with Crippen molar-refractivity contribution in [1.29, 1.82) is 0 Å². The number of rotatable bonds is 2. The molecule has 0 bridgehead atoms. The summed E-state index contributed by atoms with van der Waals surface area (Å²) < 4.78 is 4.45. The molecule has 80 valence electrons. The fourth-order valence-electron chi connectivity index (χ4n) is 1.79. The highest BCUT2D eigenvalue weighted by molar-refractivity contribution is 5.74. The van der Waals surface area contributed by atoms with Crippen LogP contribution in [0.4, 0.5) is 4.79 Å². The maximum Gasteiger partial charge on any atom is 0.407 e. The van der Waals surface area contributed by atoms with Crippen molar-refractivity contribution in [2.75, 3.05) is 7.11 Å². The number of amides is 1. The molecule has 2 N–H and O–H groups in total. The highest BCUT2D eigenvalue weighted by Gasteiger charge is 2.52. The molecule has 5 heteroatoms. The molecule has 1 aliphatic carbocycles. The van der Waals surface area contributed by atoms with Crippen molar-refractivity contribution in [3.63, 3.8) is 0 Å². The number of hydrogen-bond donors (Lipinski definition) is 2. The Labute approximate surface area is 82.4 Å². The number of methoxy groups -OCH3 is 1. The lowest BCUT2D eigenvalue weighted by Crippen LogP contribution is -2.60. The first-order chi connectivity index (χ1) is 6.39. The van der Waals surface area contributed by atoms with Gasteiger partial charge in [-0.05, 0) is 11.8 Å². The zero-order valence-corrected chi connectivity index (χ0v) is 8.53. The number of ether oxygens (including phenoxy) is 1. The second-order valence-electron chi connectivity index (χ2n) is 4.14. The van der Waals surface area contributed by atoms with Crippen LogP contribution in [-0.2, 0) is 9.53 Å². The molecule has 14 heavy (non-hydrogen) atoms. The van der Waals surface area contributed by atoms with E-state index in [1.165, 1.54) is 7.11 Å². The highest BCUT2D eigenvalue weighted by atomic mass is 16.5. The van der Waals surface area contributed by atoms with Gasteiger partial charge in [-0.15, -0.1) is 0 Å². The quantitative estimate of drug-likeness (QED) is 0.694. The number of nitrogens with one attached hydrogen (secondary N) is 1. The largest absolute Gasteiger partial charge is 0.481 e. The average molecular weight is 201 g/mol. The topological polar surface area (TPSA) is 75.6 Å². The van der Waals surface area contributed by atoms with E-state index in [1.807, 2.05) is 13.8 Å². The number of hydrogen-bond acceptors (Lipinski definition) is 3. The molecule has 1 rings (SSSR count). The smallest absolute Gasteiger partial charge is 0.407 e. The third kappa shape index (κ3) is 1.66. The zero-order valence-electron chi connectivity index (χ0n) is 8.53. The van der Waals surface area contributed by atoms with Crippen molar-refractivity contribution in [2.24, 2.45) is 11.3 Å². The van der Waals surface area contributed by atoms with Crippen LogP contribution in [0.1, 0.15) is 20.3 Å². The Hall–Kier alpha value is -1.26. The Balaban J connectivity index is 2.54. The lowest BCUT2D eigenvalue weighted by atomic mass is 9.58. The summed E-state index contributed by atoms with van der Waals surface area (Å²) in [5.41, 5.74) is -0.403. The standard InChI is InChI=1S/C9H15NO4/c1-9(2)5(7(11)12)4-6(9)10-8(13)14-3/h5-6H,4H2,1-3H3,(H,10,13)(H,11,12)/t5-,6-/m1/s1. The van der Waals surface area contributed by atoms with Gasteiger partial charge in [0, 0.05) is 6.04 Å². The normalized spacial score (nSPS) is 28.8. The van der Waals surface area contributed by atoms with Crippen LogP contribution in [0.5, 0.6) is 0 Å². The van der Waals surface area contributed by atoms with Gasteiger partial charge < -0.3 is 15.2 Å². The number of aliphatic carboxylic acids is 1. The Morgan fingerprint density at radius 1 is 1.50 bits per heavy atom. The lowest BCUT2D eigenvalue weighted by Gasteiger charge is -2.49. The van der Waals surface area contributed by atoms with Crippen LogP contribution in [0, 0.1) is 11.3 Å². The van der Waals surface area contributed by atoms with Crippen LogP contribution in [0.2, 0.25) is 0 Å². The molecular formula is C9H15NO4. The van der Waals surface area contributed by atoms with Gasteiger partial charge >= 0.3 is 12.1 Å². The molecule has 0 aromatic rings. The molecule has 0 spiro atoms. The predicted octanol–water partition coefficient (Wildman–Crippen LogP) is 0.842. The SMILES string of the molecule is COC(=O)N[C@@H]1C[C@H](C(=O)O)C1(C)C. The fourth-order valence-corrected chi connectivity index (χ4v) is 1.79. The van der Waals surface area contributed by atoms with E-state index in [0.29, 0.717) is 6.42 Å². The molecule has 5 nitrogen and oxygen atoms in total. The first-order valence-electron chi connectivity index (χ1n) is 4.47. The van der Waals surface area contributed by atoms with Crippen molar-refractivity contribution in [2.45, 2.75) is 26.3 Å². The molecule has 0 aliphatic heterocycles. The van der Waals surface area contributed by atoms with Gasteiger partial charge in [0.1, 0.15) is 0 Å². The highest BCUT2D eigenvalue weighted by Crippen LogP contribution is 2.46. The fraction of sp³-hybridized carbons (Fsp3) is 0.778. The Kier molecular flexibility index (Phi) is 2.69. The minimum atomic E-state index is -0.807. The molecule has 0 heterocycles. The molecule has 2 atom stereocenters. The van der Waals surface area contributed by atoms with E-state index in [4.69, 9.17) is 5.11 Å². The minimum Gasteiger partial charge on any atom is -0.481 e. The zero-order chi connectivity index (χ0) is 10.9. The van der Waals surface area contributed by atoms with Crippen LogP contribution in [-0.4, -0.2) is 30.3 Å². The van der Waals surface area contributed by atoms with Crippen molar-refractivity contribution in [3.8, 4) is 0 Å². The summed E-state index contributed by atoms with van der Waals surface area (Å²) in [5, 5.41) is 11.5. The summed E-state index contributed by atoms with van der Waals surface area (Å²) >= 11 is 0. The second kappa shape index (κ2) is 3.48. The van der Waals surface area contributed by atoms with Crippen molar-refractivity contribution < 1.29 is 19.4 Å². The summed E-state index contributed by atoms with van der Waals surface area (Å²) in [5.74, 6) is -1.19. The second-order valence-corrected chi connectivity index (χ2v) is 4.14. The van der Waals surface area contributed by atoms with Crippen molar-refractivity contribution in [3.05, 3.63) is 0 Å². The summed E-state index contributed by atoms with van der Waals surface area (Å²) in [6.45, 7) is 3.66. The van der Waals surface area contributed by atoms with E-state index in [2.05, 4.69) is 10.1 Å². The number of alkyl carbamates (subject to hydrolysis) is 1. The van der Waals surface area contributed by atoms with E-state index < -0.39 is 17.5 Å². The number of carboxylic acids is 1.